The van der Waals surface area contributed by atoms with Gasteiger partial charge in [-0.1, -0.05) is 69.6 Å². The minimum Gasteiger partial charge on any atom is -0.489 e. The highest BCUT2D eigenvalue weighted by Crippen LogP contribution is 2.54. The van der Waals surface area contributed by atoms with Crippen LogP contribution in [0.15, 0.2) is 71.2 Å². The number of hydrogen-bond acceptors (Lipinski definition) is 4. The van der Waals surface area contributed by atoms with Crippen LogP contribution in [-0.4, -0.2) is 11.6 Å². The minimum absolute atomic E-state index is 0.0536. The molecule has 0 unspecified atom stereocenters. The molecule has 0 atom stereocenters. The molecule has 3 aliphatic rings. The Balaban J connectivity index is 1.60. The summed E-state index contributed by atoms with van der Waals surface area (Å²) in [6.45, 7) is 8.73. The zero-order chi connectivity index (χ0) is 25.0. The van der Waals surface area contributed by atoms with Gasteiger partial charge in [0, 0.05) is 47.4 Å². The van der Waals surface area contributed by atoms with Gasteiger partial charge in [-0.05, 0) is 34.6 Å². The largest absolute Gasteiger partial charge is 0.489 e. The summed E-state index contributed by atoms with van der Waals surface area (Å²) in [7, 11) is 0. The molecule has 2 aromatic rings. The zero-order valence-electron chi connectivity index (χ0n) is 20.7. The molecule has 182 valence electrons. The van der Waals surface area contributed by atoms with Crippen LogP contribution >= 0.6 is 11.6 Å². The van der Waals surface area contributed by atoms with Crippen molar-refractivity contribution in [1.29, 1.82) is 0 Å². The summed E-state index contributed by atoms with van der Waals surface area (Å²) in [4.78, 5) is 27.1. The lowest BCUT2D eigenvalue weighted by molar-refractivity contribution is -0.120. The van der Waals surface area contributed by atoms with E-state index in [9.17, 15) is 9.59 Å². The zero-order valence-corrected chi connectivity index (χ0v) is 21.5. The standard InChI is InChI=1S/C30H31ClO4/c1-29(2)13-21(32)27-24(15-29)35-25-16-30(3,4)14-22(33)28(25)26(27)20-7-5-6-8-23(20)34-17-18-9-11-19(31)12-10-18/h5-12,26H,13-17H2,1-4H3. The first kappa shape index (κ1) is 23.9. The third kappa shape index (κ3) is 4.69. The summed E-state index contributed by atoms with van der Waals surface area (Å²) in [5.74, 6) is 1.74. The molecule has 0 amide bonds. The number of carbonyl (C=O) groups is 2. The van der Waals surface area contributed by atoms with Gasteiger partial charge in [0.2, 0.25) is 0 Å². The second kappa shape index (κ2) is 8.67. The Labute approximate surface area is 212 Å². The lowest BCUT2D eigenvalue weighted by atomic mass is 9.65. The van der Waals surface area contributed by atoms with Crippen molar-refractivity contribution >= 4 is 23.2 Å². The van der Waals surface area contributed by atoms with Gasteiger partial charge in [-0.15, -0.1) is 0 Å². The fraction of sp³-hybridized carbons (Fsp3) is 0.400. The van der Waals surface area contributed by atoms with Crippen molar-refractivity contribution in [3.8, 4) is 5.75 Å². The second-order valence-corrected chi connectivity index (χ2v) is 12.0. The molecule has 35 heavy (non-hydrogen) atoms. The summed E-state index contributed by atoms with van der Waals surface area (Å²) in [6, 6.07) is 15.3. The van der Waals surface area contributed by atoms with Crippen molar-refractivity contribution in [2.75, 3.05) is 0 Å². The molecule has 0 N–H and O–H groups in total. The Bertz CT molecular complexity index is 1210. The highest BCUT2D eigenvalue weighted by molar-refractivity contribution is 6.30. The number of Topliss-reactive ketones (excluding diaryl/α,β-unsaturated/α-hetero) is 2. The van der Waals surface area contributed by atoms with Crippen LogP contribution in [0.25, 0.3) is 0 Å². The van der Waals surface area contributed by atoms with Gasteiger partial charge in [0.25, 0.3) is 0 Å². The predicted molar refractivity (Wildman–Crippen MR) is 136 cm³/mol. The molecule has 2 aromatic carbocycles. The fourth-order valence-electron chi connectivity index (χ4n) is 5.58. The molecule has 0 bridgehead atoms. The SMILES string of the molecule is CC1(C)CC(=O)C2=C(C1)OC1=C(C(=O)CC(C)(C)C1)C2c1ccccc1OCc1ccc(Cl)cc1. The second-order valence-electron chi connectivity index (χ2n) is 11.5. The van der Waals surface area contributed by atoms with E-state index in [1.54, 1.807) is 0 Å². The maximum atomic E-state index is 13.5. The number of carbonyl (C=O) groups excluding carboxylic acids is 2. The monoisotopic (exact) mass is 490 g/mol. The molecule has 0 radical (unpaired) electrons. The lowest BCUT2D eigenvalue weighted by Crippen LogP contribution is -2.37. The van der Waals surface area contributed by atoms with Gasteiger partial charge in [0.1, 0.15) is 23.9 Å². The highest BCUT2D eigenvalue weighted by Gasteiger charge is 2.48. The summed E-state index contributed by atoms with van der Waals surface area (Å²) in [5.41, 5.74) is 2.71. The fourth-order valence-corrected chi connectivity index (χ4v) is 5.70. The Morgan fingerprint density at radius 1 is 0.829 bits per heavy atom. The number of halogens is 1. The molecule has 0 fully saturated rings. The Morgan fingerprint density at radius 3 is 1.94 bits per heavy atom. The van der Waals surface area contributed by atoms with Crippen LogP contribution in [0.4, 0.5) is 0 Å². The van der Waals surface area contributed by atoms with Crippen molar-refractivity contribution in [3.63, 3.8) is 0 Å². The first-order chi connectivity index (χ1) is 16.5. The highest BCUT2D eigenvalue weighted by atomic mass is 35.5. The third-order valence-corrected chi connectivity index (χ3v) is 7.37. The van der Waals surface area contributed by atoms with E-state index >= 15 is 0 Å². The summed E-state index contributed by atoms with van der Waals surface area (Å²) in [5, 5.41) is 0.674. The molecule has 0 aromatic heterocycles. The minimum atomic E-state index is -0.470. The first-order valence-electron chi connectivity index (χ1n) is 12.2. The molecular formula is C30H31ClO4. The van der Waals surface area contributed by atoms with Crippen molar-refractivity contribution in [3.05, 3.63) is 87.3 Å². The lowest BCUT2D eigenvalue weighted by Gasteiger charge is -2.43. The first-order valence-corrected chi connectivity index (χ1v) is 12.6. The van der Waals surface area contributed by atoms with Gasteiger partial charge < -0.3 is 9.47 Å². The van der Waals surface area contributed by atoms with Crippen molar-refractivity contribution in [1.82, 2.24) is 0 Å². The van der Waals surface area contributed by atoms with Crippen LogP contribution in [0, 0.1) is 10.8 Å². The van der Waals surface area contributed by atoms with E-state index in [4.69, 9.17) is 21.1 Å². The van der Waals surface area contributed by atoms with Crippen LogP contribution in [0.3, 0.4) is 0 Å². The Kier molecular flexibility index (Phi) is 5.91. The summed E-state index contributed by atoms with van der Waals surface area (Å²) in [6.07, 6.45) is 2.21. The van der Waals surface area contributed by atoms with E-state index in [1.165, 1.54) is 0 Å². The van der Waals surface area contributed by atoms with E-state index in [0.717, 1.165) is 11.1 Å². The maximum absolute atomic E-state index is 13.5. The van der Waals surface area contributed by atoms with Crippen molar-refractivity contribution in [2.45, 2.75) is 65.9 Å². The molecule has 0 spiro atoms. The maximum Gasteiger partial charge on any atom is 0.163 e. The molecule has 4 nitrogen and oxygen atoms in total. The van der Waals surface area contributed by atoms with Crippen LogP contribution in [0.2, 0.25) is 5.02 Å². The number of ketones is 2. The van der Waals surface area contributed by atoms with Crippen LogP contribution in [0.5, 0.6) is 5.75 Å². The van der Waals surface area contributed by atoms with Gasteiger partial charge in [-0.3, -0.25) is 9.59 Å². The van der Waals surface area contributed by atoms with Gasteiger partial charge in [0.05, 0.1) is 5.92 Å². The molecule has 1 aliphatic heterocycles. The molecule has 5 heteroatoms. The van der Waals surface area contributed by atoms with E-state index in [2.05, 4.69) is 27.7 Å². The van der Waals surface area contributed by atoms with Crippen LogP contribution < -0.4 is 4.74 Å². The number of ether oxygens (including phenoxy) is 2. The molecular weight excluding hydrogens is 460 g/mol. The molecule has 2 aliphatic carbocycles. The predicted octanol–water partition coefficient (Wildman–Crippen LogP) is 7.32. The van der Waals surface area contributed by atoms with E-state index in [1.807, 2.05) is 48.5 Å². The number of rotatable bonds is 4. The van der Waals surface area contributed by atoms with Crippen molar-refractivity contribution < 1.29 is 19.1 Å². The number of benzene rings is 2. The summed E-state index contributed by atoms with van der Waals surface area (Å²) >= 11 is 6.03. The van der Waals surface area contributed by atoms with Crippen LogP contribution in [0.1, 0.15) is 70.4 Å². The van der Waals surface area contributed by atoms with E-state index in [-0.39, 0.29) is 22.4 Å². The van der Waals surface area contributed by atoms with Gasteiger partial charge in [0.15, 0.2) is 11.6 Å². The average molecular weight is 491 g/mol. The smallest absolute Gasteiger partial charge is 0.163 e. The van der Waals surface area contributed by atoms with Gasteiger partial charge in [-0.25, -0.2) is 0 Å². The topological polar surface area (TPSA) is 52.6 Å². The molecule has 0 saturated carbocycles. The van der Waals surface area contributed by atoms with Gasteiger partial charge >= 0.3 is 0 Å². The van der Waals surface area contributed by atoms with E-state index in [0.29, 0.717) is 65.7 Å². The average Bonchev–Trinajstić information content (AvgIpc) is 2.76. The summed E-state index contributed by atoms with van der Waals surface area (Å²) < 4.78 is 12.7. The number of allylic oxidation sites excluding steroid dienone is 4. The van der Waals surface area contributed by atoms with Crippen LogP contribution in [-0.2, 0) is 20.9 Å². The number of para-hydroxylation sites is 1. The van der Waals surface area contributed by atoms with Crippen molar-refractivity contribution in [2.24, 2.45) is 10.8 Å². The van der Waals surface area contributed by atoms with E-state index < -0.39 is 5.92 Å². The molecule has 0 saturated heterocycles. The molecule has 1 heterocycles. The normalized spacial score (nSPS) is 21.4. The third-order valence-electron chi connectivity index (χ3n) is 7.12. The van der Waals surface area contributed by atoms with Gasteiger partial charge in [-0.2, -0.15) is 0 Å². The number of hydrogen-bond donors (Lipinski definition) is 0. The quantitative estimate of drug-likeness (QED) is 0.450. The Morgan fingerprint density at radius 2 is 1.37 bits per heavy atom. The Hall–Kier alpha value is -2.85. The molecule has 5 rings (SSSR count).